The van der Waals surface area contributed by atoms with E-state index in [1.165, 1.54) is 29.6 Å². The third-order valence-electron chi connectivity index (χ3n) is 5.83. The van der Waals surface area contributed by atoms with Crippen molar-refractivity contribution >= 4 is 29.0 Å². The van der Waals surface area contributed by atoms with Crippen LogP contribution >= 0.6 is 0 Å². The second-order valence-corrected chi connectivity index (χ2v) is 7.35. The number of rotatable bonds is 3. The second kappa shape index (κ2) is 7.47. The fourth-order valence-corrected chi connectivity index (χ4v) is 3.60. The zero-order chi connectivity index (χ0) is 19.7. The van der Waals surface area contributed by atoms with Gasteiger partial charge in [-0.25, -0.2) is 4.79 Å². The zero-order valence-corrected chi connectivity index (χ0v) is 17.0. The Morgan fingerprint density at radius 1 is 0.926 bits per heavy atom. The number of allylic oxidation sites excluding steroid dienone is 1. The van der Waals surface area contributed by atoms with E-state index in [1.807, 2.05) is 12.1 Å². The molecule has 0 bridgehead atoms. The van der Waals surface area contributed by atoms with Gasteiger partial charge in [0.2, 0.25) is 0 Å². The number of carbonyl (C=O) groups excluding carboxylic acids is 1. The van der Waals surface area contributed by atoms with Crippen molar-refractivity contribution in [1.29, 1.82) is 0 Å². The second-order valence-electron chi connectivity index (χ2n) is 7.35. The van der Waals surface area contributed by atoms with Gasteiger partial charge in [0.25, 0.3) is 0 Å². The summed E-state index contributed by atoms with van der Waals surface area (Å²) in [5, 5.41) is 0. The molecule has 0 aliphatic carbocycles. The van der Waals surface area contributed by atoms with Crippen LogP contribution in [0.2, 0.25) is 0 Å². The van der Waals surface area contributed by atoms with Gasteiger partial charge in [0.05, 0.1) is 24.0 Å². The van der Waals surface area contributed by atoms with E-state index in [4.69, 9.17) is 4.74 Å². The normalized spacial score (nSPS) is 19.7. The number of hydrogen-bond donors (Lipinski definition) is 0. The van der Waals surface area contributed by atoms with E-state index >= 15 is 0 Å². The molecule has 2 aromatic carbocycles. The molecule has 3 rings (SSSR count). The van der Waals surface area contributed by atoms with E-state index in [2.05, 4.69) is 68.9 Å². The highest BCUT2D eigenvalue weighted by Crippen LogP contribution is 2.38. The van der Waals surface area contributed by atoms with E-state index in [9.17, 15) is 4.79 Å². The van der Waals surface area contributed by atoms with Crippen molar-refractivity contribution < 1.29 is 9.53 Å². The lowest BCUT2D eigenvalue weighted by atomic mass is 9.97. The summed E-state index contributed by atoms with van der Waals surface area (Å²) < 4.78 is 4.75. The van der Waals surface area contributed by atoms with Gasteiger partial charge in [0, 0.05) is 26.2 Å². The third kappa shape index (κ3) is 3.57. The number of esters is 1. The van der Waals surface area contributed by atoms with E-state index in [0.29, 0.717) is 17.6 Å². The summed E-state index contributed by atoms with van der Waals surface area (Å²) in [6.07, 6.45) is 2.14. The van der Waals surface area contributed by atoms with Crippen molar-refractivity contribution in [2.75, 3.05) is 31.0 Å². The predicted octanol–water partition coefficient (Wildman–Crippen LogP) is 4.70. The average Bonchev–Trinajstić information content (AvgIpc) is 2.70. The fraction of sp³-hybridized carbons (Fsp3) is 0.348. The number of anilines is 2. The Labute approximate surface area is 162 Å². The van der Waals surface area contributed by atoms with Gasteiger partial charge in [-0.05, 0) is 61.7 Å². The van der Waals surface area contributed by atoms with Gasteiger partial charge in [0.1, 0.15) is 0 Å². The molecule has 0 radical (unpaired) electrons. The van der Waals surface area contributed by atoms with Crippen LogP contribution in [-0.4, -0.2) is 39.3 Å². The predicted molar refractivity (Wildman–Crippen MR) is 113 cm³/mol. The minimum atomic E-state index is -0.313. The van der Waals surface area contributed by atoms with E-state index in [1.54, 1.807) is 12.1 Å². The summed E-state index contributed by atoms with van der Waals surface area (Å²) >= 11 is 0. The van der Waals surface area contributed by atoms with Gasteiger partial charge in [-0.2, -0.15) is 0 Å². The number of ether oxygens (including phenoxy) is 1. The number of fused-ring (bicyclic) bond motifs is 1. The molecule has 0 aromatic heterocycles. The molecule has 4 nitrogen and oxygen atoms in total. The maximum Gasteiger partial charge on any atom is 0.337 e. The molecule has 1 aliphatic rings. The molecule has 0 fully saturated rings. The van der Waals surface area contributed by atoms with Crippen molar-refractivity contribution in [3.63, 3.8) is 0 Å². The first-order valence-electron chi connectivity index (χ1n) is 9.30. The molecule has 1 aliphatic heterocycles. The van der Waals surface area contributed by atoms with Crippen LogP contribution in [-0.2, 0) is 4.74 Å². The van der Waals surface area contributed by atoms with Crippen LogP contribution in [0.1, 0.15) is 42.3 Å². The van der Waals surface area contributed by atoms with Crippen molar-refractivity contribution in [2.45, 2.75) is 32.9 Å². The van der Waals surface area contributed by atoms with Gasteiger partial charge >= 0.3 is 5.97 Å². The highest BCUT2D eigenvalue weighted by molar-refractivity contribution is 5.90. The lowest BCUT2D eigenvalue weighted by Gasteiger charge is -2.45. The summed E-state index contributed by atoms with van der Waals surface area (Å²) in [5.74, 6) is -0.313. The van der Waals surface area contributed by atoms with E-state index in [0.717, 1.165) is 5.56 Å². The Balaban J connectivity index is 1.91. The minimum absolute atomic E-state index is 0.313. The molecule has 2 unspecified atom stereocenters. The lowest BCUT2D eigenvalue weighted by Crippen LogP contribution is -2.50. The molecule has 0 N–H and O–H groups in total. The first-order chi connectivity index (χ1) is 12.8. The number of benzene rings is 2. The highest BCUT2D eigenvalue weighted by atomic mass is 16.5. The lowest BCUT2D eigenvalue weighted by molar-refractivity contribution is 0.0600. The average molecular weight is 364 g/mol. The summed E-state index contributed by atoms with van der Waals surface area (Å²) in [6.45, 7) is 6.65. The number of carbonyl (C=O) groups is 1. The zero-order valence-electron chi connectivity index (χ0n) is 17.0. The van der Waals surface area contributed by atoms with Crippen LogP contribution in [0.5, 0.6) is 0 Å². The molecule has 4 heteroatoms. The van der Waals surface area contributed by atoms with Gasteiger partial charge in [-0.15, -0.1) is 0 Å². The van der Waals surface area contributed by atoms with E-state index in [-0.39, 0.29) is 5.97 Å². The summed E-state index contributed by atoms with van der Waals surface area (Å²) in [4.78, 5) is 16.3. The molecular formula is C23H28N2O2. The molecule has 1 heterocycles. The number of nitrogens with zero attached hydrogens (tertiary/aromatic N) is 2. The number of methoxy groups -OCH3 is 1. The Bertz CT molecular complexity index is 870. The Kier molecular flexibility index (Phi) is 5.26. The largest absolute Gasteiger partial charge is 0.465 e. The van der Waals surface area contributed by atoms with Crippen molar-refractivity contribution in [3.8, 4) is 0 Å². The quantitative estimate of drug-likeness (QED) is 0.584. The summed E-state index contributed by atoms with van der Waals surface area (Å²) in [6, 6.07) is 15.1. The molecule has 0 amide bonds. The molecule has 0 saturated heterocycles. The van der Waals surface area contributed by atoms with Crippen LogP contribution in [0, 0.1) is 0 Å². The maximum absolute atomic E-state index is 11.6. The molecular weight excluding hydrogens is 336 g/mol. The van der Waals surface area contributed by atoms with Crippen LogP contribution in [0.25, 0.3) is 11.6 Å². The van der Waals surface area contributed by atoms with Crippen molar-refractivity contribution in [1.82, 2.24) is 0 Å². The third-order valence-corrected chi connectivity index (χ3v) is 5.83. The summed E-state index contributed by atoms with van der Waals surface area (Å²) in [7, 11) is 5.73. The smallest absolute Gasteiger partial charge is 0.337 e. The first kappa shape index (κ1) is 19.0. The fourth-order valence-electron chi connectivity index (χ4n) is 3.60. The molecule has 27 heavy (non-hydrogen) atoms. The monoisotopic (exact) mass is 364 g/mol. The van der Waals surface area contributed by atoms with Gasteiger partial charge in [-0.3, -0.25) is 0 Å². The number of hydrogen-bond acceptors (Lipinski definition) is 4. The molecule has 2 atom stereocenters. The van der Waals surface area contributed by atoms with Gasteiger partial charge < -0.3 is 14.5 Å². The van der Waals surface area contributed by atoms with Crippen LogP contribution in [0.3, 0.4) is 0 Å². The molecule has 0 saturated carbocycles. The summed E-state index contributed by atoms with van der Waals surface area (Å²) in [5.41, 5.74) is 6.54. The molecule has 2 aromatic rings. The molecule has 142 valence electrons. The minimum Gasteiger partial charge on any atom is -0.465 e. The van der Waals surface area contributed by atoms with Gasteiger partial charge in [-0.1, -0.05) is 24.3 Å². The van der Waals surface area contributed by atoms with Crippen LogP contribution in [0.4, 0.5) is 11.4 Å². The van der Waals surface area contributed by atoms with Gasteiger partial charge in [0.15, 0.2) is 0 Å². The topological polar surface area (TPSA) is 32.8 Å². The number of likely N-dealkylation sites (N-methyl/N-ethyl adjacent to an activating group) is 2. The maximum atomic E-state index is 11.6. The highest BCUT2D eigenvalue weighted by Gasteiger charge is 2.29. The van der Waals surface area contributed by atoms with Crippen molar-refractivity contribution in [2.24, 2.45) is 0 Å². The van der Waals surface area contributed by atoms with Crippen LogP contribution in [0.15, 0.2) is 42.5 Å². The standard InChI is InChI=1S/C23H28N2O2/c1-15(13-18-7-9-19(10-8-18)23(26)27-6)20-11-12-21-22(14-20)25(5)17(3)16(2)24(21)4/h7-14,16-17H,1-6H3. The first-order valence-corrected chi connectivity index (χ1v) is 9.30. The van der Waals surface area contributed by atoms with E-state index < -0.39 is 0 Å². The molecule has 0 spiro atoms. The Morgan fingerprint density at radius 2 is 1.48 bits per heavy atom. The van der Waals surface area contributed by atoms with Crippen molar-refractivity contribution in [3.05, 3.63) is 59.2 Å². The van der Waals surface area contributed by atoms with Crippen LogP contribution < -0.4 is 9.80 Å². The Morgan fingerprint density at radius 3 is 2.07 bits per heavy atom. The Hall–Kier alpha value is -2.75. The SMILES string of the molecule is COC(=O)c1ccc(C=C(C)c2ccc3c(c2)N(C)C(C)C(C)N3C)cc1.